The Morgan fingerprint density at radius 1 is 1.29 bits per heavy atom. The minimum atomic E-state index is -0.390. The molecule has 0 aromatic heterocycles. The van der Waals surface area contributed by atoms with E-state index in [0.29, 0.717) is 11.3 Å². The van der Waals surface area contributed by atoms with Crippen molar-refractivity contribution in [2.75, 3.05) is 7.11 Å². The number of rotatable bonds is 1. The van der Waals surface area contributed by atoms with E-state index < -0.39 is 5.82 Å². The van der Waals surface area contributed by atoms with E-state index >= 15 is 0 Å². The summed E-state index contributed by atoms with van der Waals surface area (Å²) >= 11 is 5.72. The van der Waals surface area contributed by atoms with Gasteiger partial charge in [0.2, 0.25) is 0 Å². The summed E-state index contributed by atoms with van der Waals surface area (Å²) in [6, 6.07) is 3.19. The Labute approximate surface area is 88.8 Å². The van der Waals surface area contributed by atoms with E-state index in [0.717, 1.165) is 0 Å². The van der Waals surface area contributed by atoms with Gasteiger partial charge < -0.3 is 4.74 Å². The quantitative estimate of drug-likeness (QED) is 0.694. The highest BCUT2D eigenvalue weighted by atomic mass is 35.5. The summed E-state index contributed by atoms with van der Waals surface area (Å²) < 4.78 is 18.8. The van der Waals surface area contributed by atoms with Crippen LogP contribution < -0.4 is 4.74 Å². The van der Waals surface area contributed by atoms with Gasteiger partial charge in [0, 0.05) is 5.56 Å². The van der Waals surface area contributed by atoms with Crippen molar-refractivity contribution in [3.63, 3.8) is 0 Å². The molecule has 1 rings (SSSR count). The van der Waals surface area contributed by atoms with Crippen molar-refractivity contribution < 1.29 is 9.13 Å². The summed E-state index contributed by atoms with van der Waals surface area (Å²) in [5.41, 5.74) is 0.202. The monoisotopic (exact) mass is 216 g/mol. The fourth-order valence-corrected chi connectivity index (χ4v) is 1.56. The van der Waals surface area contributed by atoms with Gasteiger partial charge in [-0.05, 0) is 17.5 Å². The first-order chi connectivity index (χ1) is 6.38. The van der Waals surface area contributed by atoms with Crippen LogP contribution in [-0.4, -0.2) is 7.11 Å². The van der Waals surface area contributed by atoms with Crippen molar-refractivity contribution >= 4 is 11.6 Å². The van der Waals surface area contributed by atoms with Crippen LogP contribution in [0.25, 0.3) is 0 Å². The number of halogens is 2. The van der Waals surface area contributed by atoms with Gasteiger partial charge in [-0.1, -0.05) is 32.4 Å². The predicted molar refractivity (Wildman–Crippen MR) is 56.7 cm³/mol. The molecule has 0 fully saturated rings. The molecule has 78 valence electrons. The third kappa shape index (κ3) is 2.01. The Hall–Kier alpha value is -0.760. The SMILES string of the molecule is COc1ccc(Cl)c(F)c1C(C)(C)C. The van der Waals surface area contributed by atoms with E-state index in [2.05, 4.69) is 0 Å². The molecule has 1 nitrogen and oxygen atoms in total. The minimum absolute atomic E-state index is 0.135. The Morgan fingerprint density at radius 3 is 2.29 bits per heavy atom. The summed E-state index contributed by atoms with van der Waals surface area (Å²) in [6.45, 7) is 5.76. The molecule has 0 atom stereocenters. The second-order valence-electron chi connectivity index (χ2n) is 4.19. The summed E-state index contributed by atoms with van der Waals surface area (Å²) in [6.07, 6.45) is 0. The lowest BCUT2D eigenvalue weighted by atomic mass is 9.86. The highest BCUT2D eigenvalue weighted by Crippen LogP contribution is 2.36. The highest BCUT2D eigenvalue weighted by molar-refractivity contribution is 6.30. The molecule has 0 aliphatic rings. The van der Waals surface area contributed by atoms with E-state index in [-0.39, 0.29) is 10.4 Å². The first-order valence-corrected chi connectivity index (χ1v) is 4.78. The largest absolute Gasteiger partial charge is 0.496 e. The molecule has 0 saturated carbocycles. The molecule has 0 radical (unpaired) electrons. The van der Waals surface area contributed by atoms with Crippen molar-refractivity contribution in [2.45, 2.75) is 26.2 Å². The average molecular weight is 217 g/mol. The third-order valence-corrected chi connectivity index (χ3v) is 2.32. The zero-order chi connectivity index (χ0) is 10.9. The van der Waals surface area contributed by atoms with E-state index in [4.69, 9.17) is 16.3 Å². The van der Waals surface area contributed by atoms with Gasteiger partial charge >= 0.3 is 0 Å². The molecule has 0 aliphatic carbocycles. The molecule has 14 heavy (non-hydrogen) atoms. The van der Waals surface area contributed by atoms with E-state index in [1.165, 1.54) is 13.2 Å². The molecule has 0 amide bonds. The second kappa shape index (κ2) is 3.77. The molecule has 0 aliphatic heterocycles. The van der Waals surface area contributed by atoms with Crippen LogP contribution in [0.15, 0.2) is 12.1 Å². The molecule has 1 aromatic carbocycles. The molecular weight excluding hydrogens is 203 g/mol. The summed E-state index contributed by atoms with van der Waals surface area (Å²) in [7, 11) is 1.53. The average Bonchev–Trinajstić information content (AvgIpc) is 2.07. The van der Waals surface area contributed by atoms with E-state index in [1.807, 2.05) is 20.8 Å². The minimum Gasteiger partial charge on any atom is -0.496 e. The first-order valence-electron chi connectivity index (χ1n) is 4.40. The topological polar surface area (TPSA) is 9.23 Å². The second-order valence-corrected chi connectivity index (χ2v) is 4.60. The molecule has 3 heteroatoms. The van der Waals surface area contributed by atoms with Crippen LogP contribution >= 0.6 is 11.6 Å². The van der Waals surface area contributed by atoms with Gasteiger partial charge in [0.25, 0.3) is 0 Å². The third-order valence-electron chi connectivity index (χ3n) is 2.03. The van der Waals surface area contributed by atoms with Gasteiger partial charge in [-0.2, -0.15) is 0 Å². The lowest BCUT2D eigenvalue weighted by Crippen LogP contribution is -2.15. The van der Waals surface area contributed by atoms with Crippen molar-refractivity contribution in [2.24, 2.45) is 0 Å². The zero-order valence-corrected chi connectivity index (χ0v) is 9.57. The Kier molecular flexibility index (Phi) is 3.05. The van der Waals surface area contributed by atoms with Crippen molar-refractivity contribution in [3.8, 4) is 5.75 Å². The molecular formula is C11H14ClFO. The van der Waals surface area contributed by atoms with Crippen LogP contribution in [0.1, 0.15) is 26.3 Å². The van der Waals surface area contributed by atoms with Crippen molar-refractivity contribution in [3.05, 3.63) is 28.5 Å². The number of ether oxygens (including phenoxy) is 1. The summed E-state index contributed by atoms with van der Waals surface area (Å²) in [4.78, 5) is 0. The fraction of sp³-hybridized carbons (Fsp3) is 0.455. The number of benzene rings is 1. The van der Waals surface area contributed by atoms with Crippen LogP contribution in [0.2, 0.25) is 5.02 Å². The van der Waals surface area contributed by atoms with Crippen molar-refractivity contribution in [1.82, 2.24) is 0 Å². The molecule has 1 aromatic rings. The maximum absolute atomic E-state index is 13.7. The zero-order valence-electron chi connectivity index (χ0n) is 8.82. The van der Waals surface area contributed by atoms with E-state index in [9.17, 15) is 4.39 Å². The predicted octanol–water partition coefficient (Wildman–Crippen LogP) is 3.79. The summed E-state index contributed by atoms with van der Waals surface area (Å²) in [5, 5.41) is 0.135. The van der Waals surface area contributed by atoms with Gasteiger partial charge in [0.05, 0.1) is 12.1 Å². The number of methoxy groups -OCH3 is 1. The maximum Gasteiger partial charge on any atom is 0.149 e. The summed E-state index contributed by atoms with van der Waals surface area (Å²) in [5.74, 6) is 0.151. The van der Waals surface area contributed by atoms with Gasteiger partial charge in [0.1, 0.15) is 11.6 Å². The number of hydrogen-bond donors (Lipinski definition) is 0. The Morgan fingerprint density at radius 2 is 1.86 bits per heavy atom. The lowest BCUT2D eigenvalue weighted by Gasteiger charge is -2.23. The standard InChI is InChI=1S/C11H14ClFO/c1-11(2,3)9-8(14-4)6-5-7(12)10(9)13/h5-6H,1-4H3. The molecule has 0 N–H and O–H groups in total. The van der Waals surface area contributed by atoms with Gasteiger partial charge in [0.15, 0.2) is 0 Å². The highest BCUT2D eigenvalue weighted by Gasteiger charge is 2.24. The van der Waals surface area contributed by atoms with Gasteiger partial charge in [-0.3, -0.25) is 0 Å². The molecule has 0 bridgehead atoms. The van der Waals surface area contributed by atoms with Crippen LogP contribution in [0, 0.1) is 5.82 Å². The fourth-order valence-electron chi connectivity index (χ4n) is 1.40. The van der Waals surface area contributed by atoms with E-state index in [1.54, 1.807) is 6.07 Å². The van der Waals surface area contributed by atoms with Crippen LogP contribution in [0.4, 0.5) is 4.39 Å². The molecule has 0 saturated heterocycles. The Bertz CT molecular complexity index is 342. The van der Waals surface area contributed by atoms with Crippen LogP contribution in [-0.2, 0) is 5.41 Å². The normalized spacial score (nSPS) is 11.6. The molecule has 0 spiro atoms. The van der Waals surface area contributed by atoms with Crippen molar-refractivity contribution in [1.29, 1.82) is 0 Å². The lowest BCUT2D eigenvalue weighted by molar-refractivity contribution is 0.388. The van der Waals surface area contributed by atoms with Gasteiger partial charge in [-0.25, -0.2) is 4.39 Å². The van der Waals surface area contributed by atoms with Crippen LogP contribution in [0.3, 0.4) is 0 Å². The first kappa shape index (κ1) is 11.3. The van der Waals surface area contributed by atoms with Gasteiger partial charge in [-0.15, -0.1) is 0 Å². The maximum atomic E-state index is 13.7. The number of hydrogen-bond acceptors (Lipinski definition) is 1. The Balaban J connectivity index is 3.44. The molecule has 0 unspecified atom stereocenters. The molecule has 0 heterocycles. The smallest absolute Gasteiger partial charge is 0.149 e. The van der Waals surface area contributed by atoms with Crippen LogP contribution in [0.5, 0.6) is 5.75 Å².